The lowest BCUT2D eigenvalue weighted by molar-refractivity contribution is 0.0523. The topological polar surface area (TPSA) is 78.6 Å². The van der Waals surface area contributed by atoms with E-state index in [1.165, 1.54) is 0 Å². The zero-order chi connectivity index (χ0) is 15.6. The fourth-order valence-corrected chi connectivity index (χ4v) is 2.91. The summed E-state index contributed by atoms with van der Waals surface area (Å²) in [6.45, 7) is 4.25. The Kier molecular flexibility index (Phi) is 8.52. The second-order valence-corrected chi connectivity index (χ2v) is 6.86. The maximum Gasteiger partial charge on any atom is 0.180 e. The van der Waals surface area contributed by atoms with E-state index in [0.29, 0.717) is 24.7 Å². The molecule has 0 radical (unpaired) electrons. The van der Waals surface area contributed by atoms with E-state index in [1.54, 1.807) is 18.2 Å². The summed E-state index contributed by atoms with van der Waals surface area (Å²) in [5.74, 6) is -0.0318. The number of hydrogen-bond donors (Lipinski definition) is 1. The van der Waals surface area contributed by atoms with Crippen LogP contribution in [-0.2, 0) is 25.9 Å². The summed E-state index contributed by atoms with van der Waals surface area (Å²) in [6.07, 6.45) is 2.13. The summed E-state index contributed by atoms with van der Waals surface area (Å²) in [4.78, 5) is 0.299. The van der Waals surface area contributed by atoms with E-state index in [2.05, 4.69) is 6.92 Å². The lowest BCUT2D eigenvalue weighted by Gasteiger charge is -2.07. The molecular weight excluding hydrogens is 290 g/mol. The third-order valence-electron chi connectivity index (χ3n) is 3.00. The van der Waals surface area contributed by atoms with Gasteiger partial charge in [-0.05, 0) is 24.1 Å². The molecule has 120 valence electrons. The maximum absolute atomic E-state index is 12.1. The van der Waals surface area contributed by atoms with Gasteiger partial charge in [-0.3, -0.25) is 0 Å². The van der Waals surface area contributed by atoms with Gasteiger partial charge in [0.05, 0.1) is 30.5 Å². The van der Waals surface area contributed by atoms with Crippen LogP contribution in [0.3, 0.4) is 0 Å². The van der Waals surface area contributed by atoms with Crippen molar-refractivity contribution in [3.63, 3.8) is 0 Å². The third kappa shape index (κ3) is 7.04. The monoisotopic (exact) mass is 315 g/mol. The van der Waals surface area contributed by atoms with Crippen molar-refractivity contribution in [2.45, 2.75) is 31.2 Å². The molecule has 5 nitrogen and oxygen atoms in total. The van der Waals surface area contributed by atoms with Gasteiger partial charge in [-0.15, -0.1) is 0 Å². The Bertz CT molecular complexity index is 502. The average Bonchev–Trinajstić information content (AvgIpc) is 2.50. The highest BCUT2D eigenvalue weighted by Gasteiger charge is 2.14. The molecule has 1 aromatic carbocycles. The number of sulfone groups is 1. The Morgan fingerprint density at radius 1 is 1.10 bits per heavy atom. The summed E-state index contributed by atoms with van der Waals surface area (Å²) < 4.78 is 34.9. The number of rotatable bonds is 11. The van der Waals surface area contributed by atoms with Crippen molar-refractivity contribution in [3.05, 3.63) is 29.8 Å². The number of unbranched alkanes of at least 4 members (excludes halogenated alkanes) is 1. The molecule has 6 heteroatoms. The van der Waals surface area contributed by atoms with Crippen molar-refractivity contribution in [3.8, 4) is 0 Å². The van der Waals surface area contributed by atoms with E-state index >= 15 is 0 Å². The van der Waals surface area contributed by atoms with Gasteiger partial charge in [-0.1, -0.05) is 25.5 Å². The number of ether oxygens (including phenoxy) is 2. The van der Waals surface area contributed by atoms with Gasteiger partial charge in [0.25, 0.3) is 0 Å². The van der Waals surface area contributed by atoms with Crippen molar-refractivity contribution < 1.29 is 17.9 Å². The molecule has 0 fully saturated rings. The quantitative estimate of drug-likeness (QED) is 0.629. The lowest BCUT2D eigenvalue weighted by atomic mass is 10.2. The first-order chi connectivity index (χ1) is 10.1. The molecule has 1 rings (SSSR count). The van der Waals surface area contributed by atoms with Crippen LogP contribution in [0.15, 0.2) is 29.2 Å². The van der Waals surface area contributed by atoms with E-state index in [0.717, 1.165) is 25.0 Å². The third-order valence-corrected chi connectivity index (χ3v) is 4.68. The smallest absolute Gasteiger partial charge is 0.180 e. The molecule has 0 saturated heterocycles. The predicted octanol–water partition coefficient (Wildman–Crippen LogP) is 1.75. The molecule has 2 N–H and O–H groups in total. The lowest BCUT2D eigenvalue weighted by Crippen LogP contribution is -2.15. The van der Waals surface area contributed by atoms with Crippen molar-refractivity contribution in [2.24, 2.45) is 5.73 Å². The fraction of sp³-hybridized carbons (Fsp3) is 0.600. The van der Waals surface area contributed by atoms with Gasteiger partial charge in [0.1, 0.15) is 0 Å². The minimum Gasteiger partial charge on any atom is -0.379 e. The number of hydrogen-bond acceptors (Lipinski definition) is 5. The number of nitrogens with two attached hydrogens (primary N) is 1. The first-order valence-electron chi connectivity index (χ1n) is 7.27. The highest BCUT2D eigenvalue weighted by Crippen LogP contribution is 2.13. The fourth-order valence-electron chi connectivity index (χ4n) is 1.72. The summed E-state index contributed by atoms with van der Waals surface area (Å²) in [6, 6.07) is 6.71. The first kappa shape index (κ1) is 18.1. The van der Waals surface area contributed by atoms with Crippen LogP contribution < -0.4 is 5.73 Å². The average molecular weight is 315 g/mol. The summed E-state index contributed by atoms with van der Waals surface area (Å²) in [5.41, 5.74) is 6.32. The molecule has 0 aliphatic carbocycles. The van der Waals surface area contributed by atoms with Gasteiger partial charge in [0.2, 0.25) is 0 Å². The largest absolute Gasteiger partial charge is 0.379 e. The molecule has 1 aromatic rings. The number of benzene rings is 1. The van der Waals surface area contributed by atoms with Crippen LogP contribution >= 0.6 is 0 Å². The zero-order valence-electron chi connectivity index (χ0n) is 12.6. The standard InChI is InChI=1S/C15H25NO4S/c1-2-3-7-19-8-9-20-10-11-21(17,18)15-6-4-5-14(12-15)13-16/h4-6,12H,2-3,7-11,13,16H2,1H3. The molecular formula is C15H25NO4S. The van der Waals surface area contributed by atoms with Gasteiger partial charge in [-0.25, -0.2) is 8.42 Å². The molecule has 0 unspecified atom stereocenters. The van der Waals surface area contributed by atoms with Gasteiger partial charge < -0.3 is 15.2 Å². The molecule has 0 aliphatic heterocycles. The van der Waals surface area contributed by atoms with Crippen LogP contribution in [0.25, 0.3) is 0 Å². The molecule has 0 heterocycles. The molecule has 0 atom stereocenters. The Balaban J connectivity index is 2.30. The van der Waals surface area contributed by atoms with E-state index < -0.39 is 9.84 Å². The van der Waals surface area contributed by atoms with E-state index in [9.17, 15) is 8.42 Å². The Labute approximate surface area is 127 Å². The van der Waals surface area contributed by atoms with Crippen molar-refractivity contribution in [1.29, 1.82) is 0 Å². The van der Waals surface area contributed by atoms with Crippen LogP contribution in [0.5, 0.6) is 0 Å². The molecule has 0 saturated carbocycles. The van der Waals surface area contributed by atoms with E-state index in [1.807, 2.05) is 6.07 Å². The van der Waals surface area contributed by atoms with Gasteiger partial charge in [0.15, 0.2) is 9.84 Å². The minimum absolute atomic E-state index is 0.0318. The van der Waals surface area contributed by atoms with Crippen molar-refractivity contribution in [1.82, 2.24) is 0 Å². The van der Waals surface area contributed by atoms with Crippen LogP contribution in [-0.4, -0.2) is 40.6 Å². The molecule has 0 amide bonds. The Morgan fingerprint density at radius 3 is 2.48 bits per heavy atom. The van der Waals surface area contributed by atoms with E-state index in [-0.39, 0.29) is 12.4 Å². The van der Waals surface area contributed by atoms with Gasteiger partial charge in [-0.2, -0.15) is 0 Å². The van der Waals surface area contributed by atoms with Crippen molar-refractivity contribution >= 4 is 9.84 Å². The SMILES string of the molecule is CCCCOCCOCCS(=O)(=O)c1cccc(CN)c1. The minimum atomic E-state index is -3.32. The van der Waals surface area contributed by atoms with Crippen molar-refractivity contribution in [2.75, 3.05) is 32.2 Å². The summed E-state index contributed by atoms with van der Waals surface area (Å²) >= 11 is 0. The van der Waals surface area contributed by atoms with Gasteiger partial charge >= 0.3 is 0 Å². The molecule has 21 heavy (non-hydrogen) atoms. The van der Waals surface area contributed by atoms with Crippen LogP contribution in [0.1, 0.15) is 25.3 Å². The molecule has 0 bridgehead atoms. The summed E-state index contributed by atoms with van der Waals surface area (Å²) in [7, 11) is -3.32. The zero-order valence-corrected chi connectivity index (χ0v) is 13.4. The second kappa shape index (κ2) is 9.89. The highest BCUT2D eigenvalue weighted by atomic mass is 32.2. The Hall–Kier alpha value is -0.950. The van der Waals surface area contributed by atoms with Gasteiger partial charge in [0, 0.05) is 13.2 Å². The van der Waals surface area contributed by atoms with Crippen LogP contribution in [0.2, 0.25) is 0 Å². The Morgan fingerprint density at radius 2 is 1.81 bits per heavy atom. The predicted molar refractivity (Wildman–Crippen MR) is 82.9 cm³/mol. The highest BCUT2D eigenvalue weighted by molar-refractivity contribution is 7.91. The first-order valence-corrected chi connectivity index (χ1v) is 8.92. The van der Waals surface area contributed by atoms with E-state index in [4.69, 9.17) is 15.2 Å². The normalized spacial score (nSPS) is 11.7. The molecule has 0 spiro atoms. The second-order valence-electron chi connectivity index (χ2n) is 4.75. The molecule has 0 aliphatic rings. The summed E-state index contributed by atoms with van der Waals surface area (Å²) in [5, 5.41) is 0. The van der Waals surface area contributed by atoms with Crippen LogP contribution in [0, 0.1) is 0 Å². The molecule has 0 aromatic heterocycles. The van der Waals surface area contributed by atoms with Crippen LogP contribution in [0.4, 0.5) is 0 Å². The maximum atomic E-state index is 12.1.